The van der Waals surface area contributed by atoms with E-state index in [4.69, 9.17) is 23.7 Å². The number of benzene rings is 2. The molecule has 39 heavy (non-hydrogen) atoms. The Morgan fingerprint density at radius 3 is 2.00 bits per heavy atom. The fourth-order valence-corrected chi connectivity index (χ4v) is 7.86. The number of carbonyl (C=O) groups excluding carboxylic acids is 1. The average molecular weight is 989 g/mol. The molecule has 0 saturated carbocycles. The van der Waals surface area contributed by atoms with Crippen molar-refractivity contribution in [2.75, 3.05) is 19.8 Å². The summed E-state index contributed by atoms with van der Waals surface area (Å²) >= 11 is 8.86. The summed E-state index contributed by atoms with van der Waals surface area (Å²) in [6, 6.07) is 6.45. The molecular formula is C26H27I4NO8. The normalized spacial score (nSPS) is 19.6. The minimum Gasteiger partial charge on any atom is -0.489 e. The van der Waals surface area contributed by atoms with Gasteiger partial charge < -0.3 is 34.1 Å². The Labute approximate surface area is 281 Å². The van der Waals surface area contributed by atoms with Crippen LogP contribution in [0.2, 0.25) is 0 Å². The van der Waals surface area contributed by atoms with Crippen LogP contribution >= 0.6 is 90.4 Å². The van der Waals surface area contributed by atoms with Gasteiger partial charge in [-0.15, -0.1) is 0 Å². The van der Waals surface area contributed by atoms with Crippen LogP contribution in [0.15, 0.2) is 24.3 Å². The highest BCUT2D eigenvalue weighted by Gasteiger charge is 2.38. The van der Waals surface area contributed by atoms with E-state index < -0.39 is 29.6 Å². The lowest BCUT2D eigenvalue weighted by Gasteiger charge is -2.27. The van der Waals surface area contributed by atoms with Gasteiger partial charge in [0.1, 0.15) is 35.9 Å². The van der Waals surface area contributed by atoms with Gasteiger partial charge in [-0.2, -0.15) is 0 Å². The number of carboxylic acids is 1. The monoisotopic (exact) mass is 989 g/mol. The van der Waals surface area contributed by atoms with E-state index in [-0.39, 0.29) is 12.2 Å². The fourth-order valence-electron chi connectivity index (χ4n) is 3.80. The van der Waals surface area contributed by atoms with E-state index in [1.807, 2.05) is 24.3 Å². The molecule has 0 bridgehead atoms. The first-order chi connectivity index (χ1) is 18.3. The number of carboxylic acid groups (broad SMARTS) is 1. The smallest absolute Gasteiger partial charge is 0.408 e. The molecule has 2 aliphatic heterocycles. The van der Waals surface area contributed by atoms with Gasteiger partial charge in [0, 0.05) is 5.92 Å². The van der Waals surface area contributed by atoms with Gasteiger partial charge in [0.25, 0.3) is 0 Å². The standard InChI is InChI=1S/C26H27I4NO8/c1-26(2,3)39-25(34)31-21(24(32)33)16(6-14-9-35-14)12-4-17(27)23(18(28)5-12)38-13-7-19(29)22(20(30)8-13)37-11-15-10-36-15/h4-5,7-8,14-16,21H,6,9-11H2,1-3H3,(H,31,34)(H,32,33). The van der Waals surface area contributed by atoms with Crippen molar-refractivity contribution in [3.63, 3.8) is 0 Å². The summed E-state index contributed by atoms with van der Waals surface area (Å²) in [4.78, 5) is 24.8. The van der Waals surface area contributed by atoms with Crippen LogP contribution in [0.5, 0.6) is 17.2 Å². The van der Waals surface area contributed by atoms with Gasteiger partial charge in [0.15, 0.2) is 5.75 Å². The van der Waals surface area contributed by atoms with E-state index in [1.165, 1.54) is 0 Å². The maximum absolute atomic E-state index is 12.5. The highest BCUT2D eigenvalue weighted by atomic mass is 127. The van der Waals surface area contributed by atoms with Crippen LogP contribution in [0.4, 0.5) is 4.79 Å². The Morgan fingerprint density at radius 1 is 0.974 bits per heavy atom. The number of amides is 1. The topological polar surface area (TPSA) is 119 Å². The molecular weight excluding hydrogens is 962 g/mol. The molecule has 2 aliphatic rings. The van der Waals surface area contributed by atoms with Crippen LogP contribution in [0.25, 0.3) is 0 Å². The number of carbonyl (C=O) groups is 2. The van der Waals surface area contributed by atoms with Gasteiger partial charge in [0.05, 0.1) is 33.6 Å². The van der Waals surface area contributed by atoms with E-state index in [0.29, 0.717) is 31.1 Å². The second kappa shape index (κ2) is 13.3. The fraction of sp³-hybridized carbons (Fsp3) is 0.462. The Kier molecular flexibility index (Phi) is 10.7. The minimum atomic E-state index is -1.20. The van der Waals surface area contributed by atoms with E-state index in [0.717, 1.165) is 32.2 Å². The number of ether oxygens (including phenoxy) is 5. The van der Waals surface area contributed by atoms with E-state index >= 15 is 0 Å². The van der Waals surface area contributed by atoms with E-state index in [9.17, 15) is 14.7 Å². The lowest BCUT2D eigenvalue weighted by atomic mass is 9.87. The average Bonchev–Trinajstić information content (AvgIpc) is 3.72. The van der Waals surface area contributed by atoms with E-state index in [2.05, 4.69) is 95.7 Å². The largest absolute Gasteiger partial charge is 0.489 e. The second-order valence-electron chi connectivity index (χ2n) is 10.2. The zero-order valence-electron chi connectivity index (χ0n) is 21.3. The predicted octanol–water partition coefficient (Wildman–Crippen LogP) is 6.53. The van der Waals surface area contributed by atoms with Crippen molar-refractivity contribution in [1.29, 1.82) is 0 Å². The van der Waals surface area contributed by atoms with Crippen LogP contribution in [-0.2, 0) is 19.0 Å². The van der Waals surface area contributed by atoms with Gasteiger partial charge >= 0.3 is 12.1 Å². The summed E-state index contributed by atoms with van der Waals surface area (Å²) < 4.78 is 31.7. The van der Waals surface area contributed by atoms with Crippen LogP contribution in [0.3, 0.4) is 0 Å². The number of hydrogen-bond donors (Lipinski definition) is 2. The summed E-state index contributed by atoms with van der Waals surface area (Å²) in [5.74, 6) is 0.463. The Hall–Kier alpha value is -0.380. The van der Waals surface area contributed by atoms with Crippen molar-refractivity contribution in [3.8, 4) is 17.2 Å². The van der Waals surface area contributed by atoms with Gasteiger partial charge in [-0.3, -0.25) is 0 Å². The molecule has 4 rings (SSSR count). The molecule has 13 heteroatoms. The second-order valence-corrected chi connectivity index (χ2v) is 14.8. The van der Waals surface area contributed by atoms with Crippen LogP contribution in [0, 0.1) is 14.3 Å². The third-order valence-electron chi connectivity index (χ3n) is 5.72. The third kappa shape index (κ3) is 9.31. The highest BCUT2D eigenvalue weighted by molar-refractivity contribution is 14.1. The predicted molar refractivity (Wildman–Crippen MR) is 177 cm³/mol. The Bertz CT molecular complexity index is 1200. The number of nitrogens with one attached hydrogen (secondary N) is 1. The number of hydrogen-bond acceptors (Lipinski definition) is 7. The molecule has 9 nitrogen and oxygen atoms in total. The molecule has 2 N–H and O–H groups in total. The molecule has 2 aromatic carbocycles. The summed E-state index contributed by atoms with van der Waals surface area (Å²) in [6.45, 7) is 7.01. The summed E-state index contributed by atoms with van der Waals surface area (Å²) in [6.07, 6.45) is -0.213. The molecule has 2 heterocycles. The maximum atomic E-state index is 12.5. The number of alkyl carbamates (subject to hydrolysis) is 1. The lowest BCUT2D eigenvalue weighted by molar-refractivity contribution is -0.140. The number of halogens is 4. The highest BCUT2D eigenvalue weighted by Crippen LogP contribution is 2.40. The molecule has 2 saturated heterocycles. The molecule has 0 aliphatic carbocycles. The van der Waals surface area contributed by atoms with Gasteiger partial charge in [-0.1, -0.05) is 0 Å². The summed E-state index contributed by atoms with van der Waals surface area (Å²) in [5.41, 5.74) is 0.0164. The quantitative estimate of drug-likeness (QED) is 0.193. The molecule has 0 radical (unpaired) electrons. The molecule has 0 aromatic heterocycles. The third-order valence-corrected chi connectivity index (χ3v) is 8.92. The number of aliphatic carboxylic acids is 1. The zero-order valence-corrected chi connectivity index (χ0v) is 29.9. The SMILES string of the molecule is CC(C)(C)OC(=O)NC(C(=O)O)C(CC1CO1)c1cc(I)c(Oc2cc(I)c(OCC3CO3)c(I)c2)c(I)c1. The van der Waals surface area contributed by atoms with Crippen molar-refractivity contribution < 1.29 is 38.4 Å². The molecule has 0 spiro atoms. The number of rotatable bonds is 11. The van der Waals surface area contributed by atoms with Crippen molar-refractivity contribution >= 4 is 102 Å². The van der Waals surface area contributed by atoms with Crippen LogP contribution in [-0.4, -0.2) is 60.8 Å². The van der Waals surface area contributed by atoms with Crippen LogP contribution in [0.1, 0.15) is 38.7 Å². The maximum Gasteiger partial charge on any atom is 0.408 e. The van der Waals surface area contributed by atoms with Crippen molar-refractivity contribution in [1.82, 2.24) is 5.32 Å². The molecule has 4 unspecified atom stereocenters. The Balaban J connectivity index is 1.57. The molecule has 1 amide bonds. The lowest BCUT2D eigenvalue weighted by Crippen LogP contribution is -2.47. The van der Waals surface area contributed by atoms with Gasteiger partial charge in [-0.05, 0) is 147 Å². The minimum absolute atomic E-state index is 0.0557. The summed E-state index contributed by atoms with van der Waals surface area (Å²) in [7, 11) is 0. The number of epoxide rings is 2. The van der Waals surface area contributed by atoms with Crippen LogP contribution < -0.4 is 14.8 Å². The van der Waals surface area contributed by atoms with Crippen molar-refractivity contribution in [3.05, 3.63) is 44.1 Å². The molecule has 212 valence electrons. The molecule has 2 fully saturated rings. The first kappa shape index (κ1) is 31.6. The first-order valence-corrected chi connectivity index (χ1v) is 16.4. The first-order valence-electron chi connectivity index (χ1n) is 12.0. The summed E-state index contributed by atoms with van der Waals surface area (Å²) in [5, 5.41) is 12.6. The zero-order chi connectivity index (χ0) is 28.5. The van der Waals surface area contributed by atoms with Crippen molar-refractivity contribution in [2.45, 2.75) is 57.0 Å². The Morgan fingerprint density at radius 2 is 1.51 bits per heavy atom. The van der Waals surface area contributed by atoms with E-state index in [1.54, 1.807) is 20.8 Å². The van der Waals surface area contributed by atoms with Gasteiger partial charge in [0.2, 0.25) is 0 Å². The molecule has 4 atom stereocenters. The van der Waals surface area contributed by atoms with Crippen molar-refractivity contribution in [2.24, 2.45) is 0 Å². The van der Waals surface area contributed by atoms with Gasteiger partial charge in [-0.25, -0.2) is 9.59 Å². The molecule has 2 aromatic rings.